The van der Waals surface area contributed by atoms with Crippen molar-refractivity contribution in [2.75, 3.05) is 6.54 Å². The van der Waals surface area contributed by atoms with Gasteiger partial charge in [0.05, 0.1) is 0 Å². The maximum absolute atomic E-state index is 10.6. The molecule has 0 radical (unpaired) electrons. The second kappa shape index (κ2) is 2.08. The summed E-state index contributed by atoms with van der Waals surface area (Å²) < 4.78 is 0. The molecule has 0 aromatic heterocycles. The topological polar surface area (TPSA) is 41.5 Å². The van der Waals surface area contributed by atoms with E-state index in [1.54, 1.807) is 0 Å². The predicted molar refractivity (Wildman–Crippen MR) is 37.8 cm³/mol. The van der Waals surface area contributed by atoms with Crippen molar-refractivity contribution in [2.24, 2.45) is 10.9 Å². The molecule has 1 N–H and O–H groups in total. The largest absolute Gasteiger partial charge is 0.313 e. The Kier molecular flexibility index (Phi) is 1.22. The van der Waals surface area contributed by atoms with E-state index >= 15 is 0 Å². The van der Waals surface area contributed by atoms with Crippen LogP contribution < -0.4 is 5.32 Å². The fraction of sp³-hybridized carbons (Fsp3) is 0.714. The molecule has 2 aliphatic rings. The molecule has 3 heteroatoms. The lowest BCUT2D eigenvalue weighted by Gasteiger charge is -1.96. The van der Waals surface area contributed by atoms with Crippen LogP contribution in [0.5, 0.6) is 0 Å². The summed E-state index contributed by atoms with van der Waals surface area (Å²) in [5.41, 5.74) is 0. The molecule has 1 aliphatic heterocycles. The lowest BCUT2D eigenvalue weighted by Crippen LogP contribution is -2.24. The van der Waals surface area contributed by atoms with Gasteiger partial charge in [0, 0.05) is 6.42 Å². The molecule has 0 spiro atoms. The average Bonchev–Trinajstić information content (AvgIpc) is 2.59. The number of carbonyl (C=O) groups excluding carboxylic acids is 1. The summed E-state index contributed by atoms with van der Waals surface area (Å²) in [7, 11) is 0. The third kappa shape index (κ3) is 1.17. The Balaban J connectivity index is 1.87. The highest BCUT2D eigenvalue weighted by Gasteiger charge is 2.25. The summed E-state index contributed by atoms with van der Waals surface area (Å²) in [5.74, 6) is 1.78. The fourth-order valence-corrected chi connectivity index (χ4v) is 1.12. The fourth-order valence-electron chi connectivity index (χ4n) is 1.12. The van der Waals surface area contributed by atoms with Crippen molar-refractivity contribution in [3.63, 3.8) is 0 Å². The van der Waals surface area contributed by atoms with Crippen LogP contribution in [0.15, 0.2) is 4.99 Å². The van der Waals surface area contributed by atoms with E-state index in [1.807, 2.05) is 0 Å². The Morgan fingerprint density at radius 3 is 2.90 bits per heavy atom. The highest BCUT2D eigenvalue weighted by molar-refractivity contribution is 6.04. The Bertz CT molecular complexity index is 194. The summed E-state index contributed by atoms with van der Waals surface area (Å²) >= 11 is 0. The van der Waals surface area contributed by atoms with E-state index < -0.39 is 0 Å². The summed E-state index contributed by atoms with van der Waals surface area (Å²) in [6.07, 6.45) is 3.62. The molecule has 10 heavy (non-hydrogen) atoms. The van der Waals surface area contributed by atoms with Crippen LogP contribution in [0.1, 0.15) is 19.3 Å². The van der Waals surface area contributed by atoms with Crippen molar-refractivity contribution in [3.05, 3.63) is 0 Å². The number of aliphatic imine (C=N–C) groups is 1. The lowest BCUT2D eigenvalue weighted by molar-refractivity contribution is -0.117. The Hall–Kier alpha value is -0.860. The van der Waals surface area contributed by atoms with Gasteiger partial charge >= 0.3 is 0 Å². The SMILES string of the molecule is O=C1CN=C(CC2CC2)N1. The van der Waals surface area contributed by atoms with Gasteiger partial charge in [0.2, 0.25) is 5.91 Å². The standard InChI is InChI=1S/C7H10N2O/c10-7-4-8-6(9-7)3-5-1-2-5/h5H,1-4H2,(H,8,9,10). The highest BCUT2D eigenvalue weighted by Crippen LogP contribution is 2.32. The second-order valence-corrected chi connectivity index (χ2v) is 2.96. The van der Waals surface area contributed by atoms with E-state index in [0.717, 1.165) is 18.2 Å². The van der Waals surface area contributed by atoms with Gasteiger partial charge in [-0.2, -0.15) is 0 Å². The number of nitrogens with zero attached hydrogens (tertiary/aromatic N) is 1. The molecule has 2 rings (SSSR count). The molecule has 1 amide bonds. The molecule has 3 nitrogen and oxygen atoms in total. The van der Waals surface area contributed by atoms with E-state index in [4.69, 9.17) is 0 Å². The van der Waals surface area contributed by atoms with Crippen LogP contribution in [0.4, 0.5) is 0 Å². The molecular weight excluding hydrogens is 128 g/mol. The van der Waals surface area contributed by atoms with E-state index in [9.17, 15) is 4.79 Å². The molecule has 1 heterocycles. The quantitative estimate of drug-likeness (QED) is 0.586. The zero-order valence-electron chi connectivity index (χ0n) is 5.76. The van der Waals surface area contributed by atoms with Crippen molar-refractivity contribution in [2.45, 2.75) is 19.3 Å². The smallest absolute Gasteiger partial charge is 0.246 e. The van der Waals surface area contributed by atoms with Crippen molar-refractivity contribution in [3.8, 4) is 0 Å². The normalized spacial score (nSPS) is 24.4. The third-order valence-corrected chi connectivity index (χ3v) is 1.88. The van der Waals surface area contributed by atoms with Crippen LogP contribution in [-0.4, -0.2) is 18.3 Å². The van der Waals surface area contributed by atoms with Crippen LogP contribution in [0.25, 0.3) is 0 Å². The molecule has 0 saturated heterocycles. The Labute approximate surface area is 59.5 Å². The van der Waals surface area contributed by atoms with Crippen molar-refractivity contribution in [1.82, 2.24) is 5.32 Å². The molecule has 0 bridgehead atoms. The first-order chi connectivity index (χ1) is 4.84. The lowest BCUT2D eigenvalue weighted by atomic mass is 10.3. The van der Waals surface area contributed by atoms with Crippen LogP contribution >= 0.6 is 0 Å². The van der Waals surface area contributed by atoms with Crippen molar-refractivity contribution < 1.29 is 4.79 Å². The molecule has 1 saturated carbocycles. The van der Waals surface area contributed by atoms with Gasteiger partial charge in [-0.05, 0) is 18.8 Å². The van der Waals surface area contributed by atoms with E-state index in [1.165, 1.54) is 12.8 Å². The minimum atomic E-state index is 0.0515. The van der Waals surface area contributed by atoms with Gasteiger partial charge in [-0.15, -0.1) is 0 Å². The van der Waals surface area contributed by atoms with E-state index in [0.29, 0.717) is 6.54 Å². The van der Waals surface area contributed by atoms with Crippen molar-refractivity contribution in [1.29, 1.82) is 0 Å². The third-order valence-electron chi connectivity index (χ3n) is 1.88. The summed E-state index contributed by atoms with van der Waals surface area (Å²) in [5, 5.41) is 2.74. The summed E-state index contributed by atoms with van der Waals surface area (Å²) in [4.78, 5) is 14.7. The first-order valence-electron chi connectivity index (χ1n) is 3.68. The molecule has 0 unspecified atom stereocenters. The van der Waals surface area contributed by atoms with Gasteiger partial charge in [-0.25, -0.2) is 0 Å². The van der Waals surface area contributed by atoms with Crippen LogP contribution in [0.3, 0.4) is 0 Å². The minimum Gasteiger partial charge on any atom is -0.313 e. The molecule has 1 fully saturated rings. The predicted octanol–water partition coefficient (Wildman–Crippen LogP) is 0.315. The minimum absolute atomic E-state index is 0.0515. The molecular formula is C7H10N2O. The Morgan fingerprint density at radius 2 is 2.40 bits per heavy atom. The maximum Gasteiger partial charge on any atom is 0.246 e. The molecule has 54 valence electrons. The second-order valence-electron chi connectivity index (χ2n) is 2.96. The van der Waals surface area contributed by atoms with Gasteiger partial charge in [0.25, 0.3) is 0 Å². The van der Waals surface area contributed by atoms with E-state index in [-0.39, 0.29) is 5.91 Å². The van der Waals surface area contributed by atoms with Gasteiger partial charge in [-0.1, -0.05) is 0 Å². The first-order valence-corrected chi connectivity index (χ1v) is 3.68. The Morgan fingerprint density at radius 1 is 1.60 bits per heavy atom. The number of carbonyl (C=O) groups is 1. The first kappa shape index (κ1) is 5.89. The van der Waals surface area contributed by atoms with E-state index in [2.05, 4.69) is 10.3 Å². The average molecular weight is 138 g/mol. The van der Waals surface area contributed by atoms with Crippen LogP contribution in [0, 0.1) is 5.92 Å². The number of hydrogen-bond donors (Lipinski definition) is 1. The monoisotopic (exact) mass is 138 g/mol. The van der Waals surface area contributed by atoms with Gasteiger partial charge in [0.1, 0.15) is 12.4 Å². The summed E-state index contributed by atoms with van der Waals surface area (Å²) in [6, 6.07) is 0. The van der Waals surface area contributed by atoms with Gasteiger partial charge in [-0.3, -0.25) is 9.79 Å². The zero-order chi connectivity index (χ0) is 6.97. The maximum atomic E-state index is 10.6. The number of amidine groups is 1. The molecule has 0 aromatic carbocycles. The van der Waals surface area contributed by atoms with Gasteiger partial charge < -0.3 is 5.32 Å². The number of hydrogen-bond acceptors (Lipinski definition) is 2. The summed E-state index contributed by atoms with van der Waals surface area (Å²) in [6.45, 7) is 0.349. The van der Waals surface area contributed by atoms with Crippen LogP contribution in [-0.2, 0) is 4.79 Å². The number of rotatable bonds is 2. The zero-order valence-corrected chi connectivity index (χ0v) is 5.76. The number of nitrogens with one attached hydrogen (secondary N) is 1. The highest BCUT2D eigenvalue weighted by atomic mass is 16.2. The number of amides is 1. The van der Waals surface area contributed by atoms with Gasteiger partial charge in [0.15, 0.2) is 0 Å². The molecule has 1 aliphatic carbocycles. The van der Waals surface area contributed by atoms with Crippen molar-refractivity contribution >= 4 is 11.7 Å². The molecule has 0 atom stereocenters. The molecule has 0 aromatic rings. The van der Waals surface area contributed by atoms with Crippen LogP contribution in [0.2, 0.25) is 0 Å².